The minimum Gasteiger partial charge on any atom is -0.308 e. The van der Waals surface area contributed by atoms with Gasteiger partial charge in [0.1, 0.15) is 6.33 Å². The molecule has 7 nitrogen and oxygen atoms in total. The number of halogens is 3. The molecule has 182 valence electrons. The first-order valence-electron chi connectivity index (χ1n) is 11.0. The fraction of sp³-hybridized carbons (Fsp3) is 0.280. The standard InChI is InChI=1S/C25H25F3N6O/c1-15-21-20(33-34(24(2,3)4)22(21)30-14-29-15)12-16-7-5-9-18(11-16)31-23(35)32-19-10-6-8-17(13-19)25(26,27)28/h5-11,13-14H,12H2,1-4H3,(H2,31,32,35). The van der Waals surface area contributed by atoms with E-state index in [0.717, 1.165) is 40.1 Å². The van der Waals surface area contributed by atoms with Gasteiger partial charge in [-0.3, -0.25) is 0 Å². The van der Waals surface area contributed by atoms with E-state index < -0.39 is 17.8 Å². The average Bonchev–Trinajstić information content (AvgIpc) is 3.13. The molecule has 4 rings (SSSR count). The third-order valence-electron chi connectivity index (χ3n) is 5.37. The Labute approximate surface area is 200 Å². The maximum atomic E-state index is 12.9. The smallest absolute Gasteiger partial charge is 0.308 e. The van der Waals surface area contributed by atoms with E-state index in [4.69, 9.17) is 5.10 Å². The summed E-state index contributed by atoms with van der Waals surface area (Å²) in [7, 11) is 0. The highest BCUT2D eigenvalue weighted by Gasteiger charge is 2.30. The summed E-state index contributed by atoms with van der Waals surface area (Å²) in [6.07, 6.45) is -2.48. The van der Waals surface area contributed by atoms with Crippen molar-refractivity contribution in [2.24, 2.45) is 0 Å². The molecule has 2 amide bonds. The number of nitrogens with one attached hydrogen (secondary N) is 2. The summed E-state index contributed by atoms with van der Waals surface area (Å²) in [5, 5.41) is 10.8. The maximum absolute atomic E-state index is 12.9. The van der Waals surface area contributed by atoms with Gasteiger partial charge in [0.2, 0.25) is 0 Å². The topological polar surface area (TPSA) is 84.7 Å². The normalized spacial score (nSPS) is 12.1. The van der Waals surface area contributed by atoms with E-state index in [1.165, 1.54) is 18.5 Å². The Hall–Kier alpha value is -3.95. The second kappa shape index (κ2) is 9.01. The molecule has 2 aromatic carbocycles. The van der Waals surface area contributed by atoms with E-state index in [0.29, 0.717) is 12.1 Å². The van der Waals surface area contributed by atoms with Crippen molar-refractivity contribution in [3.8, 4) is 0 Å². The van der Waals surface area contributed by atoms with Crippen LogP contribution in [0.1, 0.15) is 43.3 Å². The SMILES string of the molecule is Cc1ncnc2c1c(Cc1cccc(NC(=O)Nc3cccc(C(F)(F)F)c3)c1)nn2C(C)(C)C. The number of fused-ring (bicyclic) bond motifs is 1. The van der Waals surface area contributed by atoms with Crippen LogP contribution in [0, 0.1) is 6.92 Å². The molecule has 10 heteroatoms. The molecule has 0 atom stereocenters. The first-order chi connectivity index (χ1) is 16.4. The summed E-state index contributed by atoms with van der Waals surface area (Å²) in [4.78, 5) is 21.2. The summed E-state index contributed by atoms with van der Waals surface area (Å²) >= 11 is 0. The van der Waals surface area contributed by atoms with Gasteiger partial charge in [-0.2, -0.15) is 18.3 Å². The van der Waals surface area contributed by atoms with Gasteiger partial charge in [0.15, 0.2) is 5.65 Å². The molecule has 0 radical (unpaired) electrons. The Morgan fingerprint density at radius 1 is 0.971 bits per heavy atom. The van der Waals surface area contributed by atoms with Gasteiger partial charge in [0, 0.05) is 17.8 Å². The molecule has 35 heavy (non-hydrogen) atoms. The molecular formula is C25H25F3N6O. The highest BCUT2D eigenvalue weighted by Crippen LogP contribution is 2.31. The number of amides is 2. The lowest BCUT2D eigenvalue weighted by Gasteiger charge is -2.19. The van der Waals surface area contributed by atoms with Gasteiger partial charge < -0.3 is 10.6 Å². The van der Waals surface area contributed by atoms with E-state index >= 15 is 0 Å². The Bertz CT molecular complexity index is 1390. The second-order valence-electron chi connectivity index (χ2n) is 9.22. The zero-order valence-corrected chi connectivity index (χ0v) is 19.7. The summed E-state index contributed by atoms with van der Waals surface area (Å²) in [5.74, 6) is 0. The zero-order valence-electron chi connectivity index (χ0n) is 19.7. The molecule has 4 aromatic rings. The van der Waals surface area contributed by atoms with Crippen LogP contribution in [0.25, 0.3) is 11.0 Å². The fourth-order valence-electron chi connectivity index (χ4n) is 3.79. The van der Waals surface area contributed by atoms with Crippen molar-refractivity contribution in [2.75, 3.05) is 10.6 Å². The Kier molecular flexibility index (Phi) is 6.23. The van der Waals surface area contributed by atoms with Crippen molar-refractivity contribution >= 4 is 28.4 Å². The number of carbonyl (C=O) groups is 1. The van der Waals surface area contributed by atoms with Crippen LogP contribution in [0.4, 0.5) is 29.3 Å². The summed E-state index contributed by atoms with van der Waals surface area (Å²) < 4.78 is 40.7. The summed E-state index contributed by atoms with van der Waals surface area (Å²) in [6.45, 7) is 8.06. The number of hydrogen-bond acceptors (Lipinski definition) is 4. The molecule has 0 aliphatic carbocycles. The van der Waals surface area contributed by atoms with E-state index in [2.05, 4.69) is 20.6 Å². The molecular weight excluding hydrogens is 457 g/mol. The van der Waals surface area contributed by atoms with Crippen LogP contribution >= 0.6 is 0 Å². The first kappa shape index (κ1) is 24.2. The van der Waals surface area contributed by atoms with E-state index in [1.807, 2.05) is 38.4 Å². The first-order valence-corrected chi connectivity index (χ1v) is 11.0. The molecule has 0 aliphatic heterocycles. The van der Waals surface area contributed by atoms with Gasteiger partial charge in [-0.15, -0.1) is 0 Å². The number of nitrogens with zero attached hydrogens (tertiary/aromatic N) is 4. The van der Waals surface area contributed by atoms with Gasteiger partial charge in [-0.05, 0) is 63.6 Å². The van der Waals surface area contributed by atoms with E-state index in [-0.39, 0.29) is 11.2 Å². The molecule has 0 fully saturated rings. The molecule has 2 heterocycles. The largest absolute Gasteiger partial charge is 0.416 e. The minimum atomic E-state index is -4.49. The van der Waals surface area contributed by atoms with Crippen LogP contribution in [0.2, 0.25) is 0 Å². The van der Waals surface area contributed by atoms with Crippen LogP contribution in [0.3, 0.4) is 0 Å². The number of aryl methyl sites for hydroxylation is 1. The van der Waals surface area contributed by atoms with Crippen LogP contribution in [0.5, 0.6) is 0 Å². The second-order valence-corrected chi connectivity index (χ2v) is 9.22. The molecule has 0 aliphatic rings. The number of alkyl halides is 3. The molecule has 0 spiro atoms. The van der Waals surface area contributed by atoms with Crippen LogP contribution in [-0.2, 0) is 18.1 Å². The van der Waals surface area contributed by atoms with Crippen molar-refractivity contribution in [2.45, 2.75) is 45.8 Å². The van der Waals surface area contributed by atoms with Crippen molar-refractivity contribution in [1.82, 2.24) is 19.7 Å². The predicted molar refractivity (Wildman–Crippen MR) is 128 cm³/mol. The number of anilines is 2. The van der Waals surface area contributed by atoms with Crippen molar-refractivity contribution in [1.29, 1.82) is 0 Å². The average molecular weight is 483 g/mol. The van der Waals surface area contributed by atoms with E-state index in [9.17, 15) is 18.0 Å². The van der Waals surface area contributed by atoms with Crippen LogP contribution in [0.15, 0.2) is 54.9 Å². The molecule has 0 saturated heterocycles. The number of benzene rings is 2. The Morgan fingerprint density at radius 2 is 1.63 bits per heavy atom. The van der Waals surface area contributed by atoms with Crippen LogP contribution in [-0.4, -0.2) is 25.8 Å². The monoisotopic (exact) mass is 482 g/mol. The Balaban J connectivity index is 1.54. The molecule has 0 bridgehead atoms. The van der Waals surface area contributed by atoms with E-state index in [1.54, 1.807) is 18.2 Å². The molecule has 2 aromatic heterocycles. The number of rotatable bonds is 4. The lowest BCUT2D eigenvalue weighted by atomic mass is 10.1. The highest BCUT2D eigenvalue weighted by molar-refractivity contribution is 5.99. The molecule has 0 saturated carbocycles. The van der Waals surface area contributed by atoms with Crippen LogP contribution < -0.4 is 10.6 Å². The predicted octanol–water partition coefficient (Wildman–Crippen LogP) is 6.14. The summed E-state index contributed by atoms with van der Waals surface area (Å²) in [6, 6.07) is 11.0. The molecule has 0 unspecified atom stereocenters. The summed E-state index contributed by atoms with van der Waals surface area (Å²) in [5.41, 5.74) is 2.73. The quantitative estimate of drug-likeness (QED) is 0.366. The van der Waals surface area contributed by atoms with Gasteiger partial charge in [-0.25, -0.2) is 19.4 Å². The number of aromatic nitrogens is 4. The van der Waals surface area contributed by atoms with Gasteiger partial charge in [-0.1, -0.05) is 18.2 Å². The number of urea groups is 1. The van der Waals surface area contributed by atoms with Gasteiger partial charge in [0.25, 0.3) is 0 Å². The maximum Gasteiger partial charge on any atom is 0.416 e. The highest BCUT2D eigenvalue weighted by atomic mass is 19.4. The van der Waals surface area contributed by atoms with Crippen molar-refractivity contribution in [3.05, 3.63) is 77.4 Å². The van der Waals surface area contributed by atoms with Crippen molar-refractivity contribution in [3.63, 3.8) is 0 Å². The lowest BCUT2D eigenvalue weighted by Crippen LogP contribution is -2.23. The molecule has 2 N–H and O–H groups in total. The third-order valence-corrected chi connectivity index (χ3v) is 5.37. The number of hydrogen-bond donors (Lipinski definition) is 2. The van der Waals surface area contributed by atoms with Gasteiger partial charge >= 0.3 is 12.2 Å². The fourth-order valence-corrected chi connectivity index (χ4v) is 3.79. The third kappa shape index (κ3) is 5.42. The lowest BCUT2D eigenvalue weighted by molar-refractivity contribution is -0.137. The zero-order chi connectivity index (χ0) is 25.4. The minimum absolute atomic E-state index is 0.0446. The van der Waals surface area contributed by atoms with Gasteiger partial charge in [0.05, 0.1) is 27.9 Å². The Morgan fingerprint density at radius 3 is 2.29 bits per heavy atom. The van der Waals surface area contributed by atoms with Crippen molar-refractivity contribution < 1.29 is 18.0 Å². The number of carbonyl (C=O) groups excluding carboxylic acids is 1.